The molecule has 2 amide bonds. The van der Waals surface area contributed by atoms with Crippen molar-refractivity contribution in [2.45, 2.75) is 59.5 Å². The fourth-order valence-electron chi connectivity index (χ4n) is 1.87. The Bertz CT molecular complexity index is 277. The summed E-state index contributed by atoms with van der Waals surface area (Å²) in [6.45, 7) is 10.2. The van der Waals surface area contributed by atoms with E-state index in [4.69, 9.17) is 5.11 Å². The van der Waals surface area contributed by atoms with Crippen molar-refractivity contribution < 1.29 is 14.7 Å². The van der Waals surface area contributed by atoms with E-state index in [0.717, 1.165) is 6.42 Å². The van der Waals surface area contributed by atoms with Crippen LogP contribution in [-0.4, -0.2) is 40.6 Å². The number of amides is 2. The van der Waals surface area contributed by atoms with Crippen molar-refractivity contribution in [2.75, 3.05) is 6.54 Å². The van der Waals surface area contributed by atoms with Crippen LogP contribution >= 0.6 is 0 Å². The molecule has 0 rings (SSSR count). The van der Waals surface area contributed by atoms with Crippen LogP contribution in [0.5, 0.6) is 0 Å². The van der Waals surface area contributed by atoms with Crippen LogP contribution in [0.3, 0.4) is 0 Å². The smallest absolute Gasteiger partial charge is 0.317 e. The first-order chi connectivity index (χ1) is 8.23. The second-order valence-corrected chi connectivity index (χ2v) is 5.41. The van der Waals surface area contributed by atoms with Gasteiger partial charge in [-0.05, 0) is 33.1 Å². The van der Waals surface area contributed by atoms with Gasteiger partial charge in [-0.1, -0.05) is 13.8 Å². The molecule has 0 aromatic rings. The maximum absolute atomic E-state index is 12.0. The summed E-state index contributed by atoms with van der Waals surface area (Å²) in [5, 5.41) is 11.6. The molecule has 18 heavy (non-hydrogen) atoms. The number of carbonyl (C=O) groups excluding carboxylic acids is 1. The maximum Gasteiger partial charge on any atom is 0.317 e. The summed E-state index contributed by atoms with van der Waals surface area (Å²) in [6.07, 6.45) is 0.890. The molecule has 0 spiro atoms. The maximum atomic E-state index is 12.0. The molecule has 0 bridgehead atoms. The molecule has 0 aromatic heterocycles. The summed E-state index contributed by atoms with van der Waals surface area (Å²) in [5.41, 5.74) is 0. The predicted octanol–water partition coefficient (Wildman–Crippen LogP) is 2.32. The first-order valence-corrected chi connectivity index (χ1v) is 6.53. The van der Waals surface area contributed by atoms with Crippen molar-refractivity contribution >= 4 is 12.0 Å². The molecular weight excluding hydrogens is 232 g/mol. The van der Waals surface area contributed by atoms with Gasteiger partial charge in [0.2, 0.25) is 0 Å². The largest absolute Gasteiger partial charge is 0.481 e. The fourth-order valence-corrected chi connectivity index (χ4v) is 1.87. The lowest BCUT2D eigenvalue weighted by molar-refractivity contribution is -0.137. The number of hydrogen-bond acceptors (Lipinski definition) is 2. The highest BCUT2D eigenvalue weighted by atomic mass is 16.4. The second kappa shape index (κ2) is 7.95. The standard InChI is InChI=1S/C13H26N2O3/c1-9(2)8-11(5)14-13(18)15(10(3)4)7-6-12(16)17/h9-11H,6-8H2,1-5H3,(H,14,18)(H,16,17). The number of carbonyl (C=O) groups is 2. The quantitative estimate of drug-likeness (QED) is 0.736. The summed E-state index contributed by atoms with van der Waals surface area (Å²) in [4.78, 5) is 24.1. The van der Waals surface area contributed by atoms with E-state index in [0.29, 0.717) is 5.92 Å². The molecule has 0 heterocycles. The van der Waals surface area contributed by atoms with Crippen LogP contribution in [0, 0.1) is 5.92 Å². The molecule has 1 atom stereocenters. The van der Waals surface area contributed by atoms with Gasteiger partial charge in [0.25, 0.3) is 0 Å². The van der Waals surface area contributed by atoms with Gasteiger partial charge in [-0.25, -0.2) is 4.79 Å². The highest BCUT2D eigenvalue weighted by molar-refractivity contribution is 5.75. The average molecular weight is 258 g/mol. The average Bonchev–Trinajstić information content (AvgIpc) is 2.14. The molecule has 0 aliphatic carbocycles. The van der Waals surface area contributed by atoms with Crippen LogP contribution in [0.1, 0.15) is 47.5 Å². The number of rotatable bonds is 7. The Balaban J connectivity index is 4.34. The SMILES string of the molecule is CC(C)CC(C)NC(=O)N(CCC(=O)O)C(C)C. The second-order valence-electron chi connectivity index (χ2n) is 5.41. The zero-order valence-corrected chi connectivity index (χ0v) is 12.1. The van der Waals surface area contributed by atoms with Gasteiger partial charge in [0, 0.05) is 18.6 Å². The topological polar surface area (TPSA) is 69.6 Å². The van der Waals surface area contributed by atoms with Crippen molar-refractivity contribution in [3.8, 4) is 0 Å². The van der Waals surface area contributed by atoms with Gasteiger partial charge in [-0.2, -0.15) is 0 Å². The van der Waals surface area contributed by atoms with Crippen LogP contribution < -0.4 is 5.32 Å². The van der Waals surface area contributed by atoms with E-state index in [9.17, 15) is 9.59 Å². The molecule has 0 aromatic carbocycles. The molecule has 5 nitrogen and oxygen atoms in total. The predicted molar refractivity (Wildman–Crippen MR) is 71.5 cm³/mol. The lowest BCUT2D eigenvalue weighted by Gasteiger charge is -2.28. The zero-order chi connectivity index (χ0) is 14.3. The molecule has 0 saturated heterocycles. The summed E-state index contributed by atoms with van der Waals surface area (Å²) in [6, 6.07) is -0.0846. The molecule has 0 saturated carbocycles. The Morgan fingerprint density at radius 1 is 1.17 bits per heavy atom. The highest BCUT2D eigenvalue weighted by Crippen LogP contribution is 2.06. The van der Waals surface area contributed by atoms with Gasteiger partial charge in [-0.3, -0.25) is 4.79 Å². The van der Waals surface area contributed by atoms with E-state index in [2.05, 4.69) is 19.2 Å². The molecule has 0 aliphatic rings. The summed E-state index contributed by atoms with van der Waals surface area (Å²) >= 11 is 0. The monoisotopic (exact) mass is 258 g/mol. The number of carboxylic acids is 1. The van der Waals surface area contributed by atoms with Crippen molar-refractivity contribution in [3.63, 3.8) is 0 Å². The first kappa shape index (κ1) is 16.7. The van der Waals surface area contributed by atoms with Crippen molar-refractivity contribution in [2.24, 2.45) is 5.92 Å². The van der Waals surface area contributed by atoms with E-state index in [-0.39, 0.29) is 31.1 Å². The molecule has 0 fully saturated rings. The molecule has 1 unspecified atom stereocenters. The van der Waals surface area contributed by atoms with Gasteiger partial charge >= 0.3 is 12.0 Å². The van der Waals surface area contributed by atoms with Crippen molar-refractivity contribution in [3.05, 3.63) is 0 Å². The Morgan fingerprint density at radius 3 is 2.11 bits per heavy atom. The van der Waals surface area contributed by atoms with Gasteiger partial charge < -0.3 is 15.3 Å². The number of aliphatic carboxylic acids is 1. The van der Waals surface area contributed by atoms with E-state index < -0.39 is 5.97 Å². The van der Waals surface area contributed by atoms with Crippen LogP contribution in [-0.2, 0) is 4.79 Å². The molecule has 0 radical (unpaired) electrons. The minimum Gasteiger partial charge on any atom is -0.481 e. The Labute approximate surface area is 110 Å². The number of hydrogen-bond donors (Lipinski definition) is 2. The molecular formula is C13H26N2O3. The summed E-state index contributed by atoms with van der Waals surface area (Å²) in [7, 11) is 0. The Morgan fingerprint density at radius 2 is 1.72 bits per heavy atom. The number of nitrogens with one attached hydrogen (secondary N) is 1. The van der Waals surface area contributed by atoms with Gasteiger partial charge in [0.1, 0.15) is 0 Å². The van der Waals surface area contributed by atoms with Crippen LogP contribution in [0.25, 0.3) is 0 Å². The van der Waals surface area contributed by atoms with Crippen molar-refractivity contribution in [1.82, 2.24) is 10.2 Å². The van der Waals surface area contributed by atoms with Gasteiger partial charge in [0.15, 0.2) is 0 Å². The third-order valence-electron chi connectivity index (χ3n) is 2.65. The van der Waals surface area contributed by atoms with Gasteiger partial charge in [0.05, 0.1) is 6.42 Å². The molecule has 5 heteroatoms. The highest BCUT2D eigenvalue weighted by Gasteiger charge is 2.19. The molecule has 2 N–H and O–H groups in total. The van der Waals surface area contributed by atoms with Crippen LogP contribution in [0.4, 0.5) is 4.79 Å². The van der Waals surface area contributed by atoms with E-state index in [1.807, 2.05) is 20.8 Å². The van der Waals surface area contributed by atoms with E-state index in [1.165, 1.54) is 0 Å². The van der Waals surface area contributed by atoms with Gasteiger partial charge in [-0.15, -0.1) is 0 Å². The number of carboxylic acid groups (broad SMARTS) is 1. The van der Waals surface area contributed by atoms with Crippen molar-refractivity contribution in [1.29, 1.82) is 0 Å². The minimum absolute atomic E-state index is 0.00407. The third-order valence-corrected chi connectivity index (χ3v) is 2.65. The molecule has 106 valence electrons. The number of nitrogens with zero attached hydrogens (tertiary/aromatic N) is 1. The first-order valence-electron chi connectivity index (χ1n) is 6.53. The van der Waals surface area contributed by atoms with E-state index in [1.54, 1.807) is 4.90 Å². The lowest BCUT2D eigenvalue weighted by Crippen LogP contribution is -2.48. The normalized spacial score (nSPS) is 12.6. The summed E-state index contributed by atoms with van der Waals surface area (Å²) in [5.74, 6) is -0.365. The third kappa shape index (κ3) is 7.14. The van der Waals surface area contributed by atoms with Crippen LogP contribution in [0.2, 0.25) is 0 Å². The lowest BCUT2D eigenvalue weighted by atomic mass is 10.1. The Hall–Kier alpha value is -1.26. The van der Waals surface area contributed by atoms with Crippen LogP contribution in [0.15, 0.2) is 0 Å². The minimum atomic E-state index is -0.885. The number of urea groups is 1. The fraction of sp³-hybridized carbons (Fsp3) is 0.846. The summed E-state index contributed by atoms with van der Waals surface area (Å²) < 4.78 is 0. The van der Waals surface area contributed by atoms with E-state index >= 15 is 0 Å². The molecule has 0 aliphatic heterocycles. The Kier molecular flexibility index (Phi) is 7.39. The zero-order valence-electron chi connectivity index (χ0n) is 12.1.